The predicted molar refractivity (Wildman–Crippen MR) is 74.4 cm³/mol. The fourth-order valence-electron chi connectivity index (χ4n) is 3.25. The summed E-state index contributed by atoms with van der Waals surface area (Å²) >= 11 is 3.33. The molecular formula is C14H16BrFN2O. The summed E-state index contributed by atoms with van der Waals surface area (Å²) in [4.78, 5) is 14.5. The smallest absolute Gasteiger partial charge is 0.255 e. The highest BCUT2D eigenvalue weighted by atomic mass is 79.9. The number of halogens is 2. The van der Waals surface area contributed by atoms with Crippen molar-refractivity contribution in [1.82, 2.24) is 10.2 Å². The number of benzene rings is 1. The van der Waals surface area contributed by atoms with Crippen LogP contribution < -0.4 is 5.32 Å². The maximum Gasteiger partial charge on any atom is 0.255 e. The average Bonchev–Trinajstić information content (AvgIpc) is 2.95. The van der Waals surface area contributed by atoms with Gasteiger partial charge >= 0.3 is 0 Å². The summed E-state index contributed by atoms with van der Waals surface area (Å²) in [5.41, 5.74) is 0.416. The molecule has 5 heteroatoms. The number of hydrogen-bond donors (Lipinski definition) is 1. The van der Waals surface area contributed by atoms with E-state index in [0.717, 1.165) is 19.6 Å². The van der Waals surface area contributed by atoms with Gasteiger partial charge in [-0.1, -0.05) is 0 Å². The summed E-state index contributed by atoms with van der Waals surface area (Å²) in [6.07, 6.45) is 0. The van der Waals surface area contributed by atoms with Gasteiger partial charge in [-0.15, -0.1) is 0 Å². The van der Waals surface area contributed by atoms with Gasteiger partial charge in [-0.3, -0.25) is 4.79 Å². The maximum absolute atomic E-state index is 13.3. The molecule has 19 heavy (non-hydrogen) atoms. The van der Waals surface area contributed by atoms with E-state index in [0.29, 0.717) is 21.9 Å². The molecule has 2 aliphatic heterocycles. The number of rotatable bonds is 1. The Morgan fingerprint density at radius 2 is 2.26 bits per heavy atom. The second-order valence-electron chi connectivity index (χ2n) is 5.40. The standard InChI is InChI=1S/C14H16BrFN2O/c1-8-12-6-17-5-9(12)7-18(8)14(19)11-4-10(16)2-3-13(11)15/h2-4,8-9,12,17H,5-7H2,1H3. The van der Waals surface area contributed by atoms with Gasteiger partial charge in [0.05, 0.1) is 5.56 Å². The molecule has 2 heterocycles. The highest BCUT2D eigenvalue weighted by molar-refractivity contribution is 9.10. The van der Waals surface area contributed by atoms with E-state index in [1.807, 2.05) is 4.90 Å². The van der Waals surface area contributed by atoms with Crippen molar-refractivity contribution in [2.75, 3.05) is 19.6 Å². The molecular weight excluding hydrogens is 311 g/mol. The number of amides is 1. The number of hydrogen-bond acceptors (Lipinski definition) is 2. The zero-order chi connectivity index (χ0) is 13.6. The van der Waals surface area contributed by atoms with Gasteiger partial charge in [0, 0.05) is 30.1 Å². The lowest BCUT2D eigenvalue weighted by Crippen LogP contribution is -2.38. The van der Waals surface area contributed by atoms with Gasteiger partial charge in [0.2, 0.25) is 0 Å². The summed E-state index contributed by atoms with van der Waals surface area (Å²) in [5.74, 6) is 0.608. The normalized spacial score (nSPS) is 29.6. The molecule has 1 amide bonds. The van der Waals surface area contributed by atoms with Crippen molar-refractivity contribution in [1.29, 1.82) is 0 Å². The molecule has 0 aromatic heterocycles. The Kier molecular flexibility index (Phi) is 3.35. The summed E-state index contributed by atoms with van der Waals surface area (Å²) in [6, 6.07) is 4.46. The van der Waals surface area contributed by atoms with Crippen LogP contribution in [0.5, 0.6) is 0 Å². The zero-order valence-corrected chi connectivity index (χ0v) is 12.3. The molecule has 2 saturated heterocycles. The lowest BCUT2D eigenvalue weighted by molar-refractivity contribution is 0.0727. The minimum Gasteiger partial charge on any atom is -0.335 e. The first-order valence-corrected chi connectivity index (χ1v) is 7.34. The Morgan fingerprint density at radius 1 is 1.47 bits per heavy atom. The van der Waals surface area contributed by atoms with Crippen LogP contribution in [0.3, 0.4) is 0 Å². The monoisotopic (exact) mass is 326 g/mol. The summed E-state index contributed by atoms with van der Waals surface area (Å²) in [6.45, 7) is 4.80. The fourth-order valence-corrected chi connectivity index (χ4v) is 3.67. The molecule has 0 bridgehead atoms. The van der Waals surface area contributed by atoms with E-state index < -0.39 is 0 Å². The second kappa shape index (κ2) is 4.87. The van der Waals surface area contributed by atoms with Crippen molar-refractivity contribution in [2.45, 2.75) is 13.0 Å². The molecule has 0 spiro atoms. The zero-order valence-electron chi connectivity index (χ0n) is 10.7. The first-order chi connectivity index (χ1) is 9.08. The van der Waals surface area contributed by atoms with Gasteiger partial charge in [-0.25, -0.2) is 4.39 Å². The lowest BCUT2D eigenvalue weighted by atomic mass is 9.95. The second-order valence-corrected chi connectivity index (χ2v) is 6.26. The predicted octanol–water partition coefficient (Wildman–Crippen LogP) is 2.27. The molecule has 1 aromatic carbocycles. The number of nitrogens with one attached hydrogen (secondary N) is 1. The topological polar surface area (TPSA) is 32.3 Å². The third kappa shape index (κ3) is 2.19. The van der Waals surface area contributed by atoms with E-state index in [9.17, 15) is 9.18 Å². The molecule has 3 rings (SSSR count). The average molecular weight is 327 g/mol. The minimum absolute atomic E-state index is 0.0757. The Balaban J connectivity index is 1.86. The van der Waals surface area contributed by atoms with Crippen LogP contribution in [0.25, 0.3) is 0 Å². The number of carbonyl (C=O) groups excluding carboxylic acids is 1. The van der Waals surface area contributed by atoms with E-state index in [1.54, 1.807) is 6.07 Å². The van der Waals surface area contributed by atoms with Gasteiger partial charge in [-0.05, 0) is 52.9 Å². The van der Waals surface area contributed by atoms with E-state index >= 15 is 0 Å². The molecule has 3 unspecified atom stereocenters. The van der Waals surface area contributed by atoms with Crippen LogP contribution in [-0.4, -0.2) is 36.5 Å². The largest absolute Gasteiger partial charge is 0.335 e. The first-order valence-electron chi connectivity index (χ1n) is 6.54. The third-order valence-corrected chi connectivity index (χ3v) is 5.05. The fraction of sp³-hybridized carbons (Fsp3) is 0.500. The molecule has 2 fully saturated rings. The number of nitrogens with zero attached hydrogens (tertiary/aromatic N) is 1. The summed E-state index contributed by atoms with van der Waals surface area (Å²) in [7, 11) is 0. The Morgan fingerprint density at radius 3 is 3.00 bits per heavy atom. The number of carbonyl (C=O) groups is 1. The first kappa shape index (κ1) is 13.1. The molecule has 1 aromatic rings. The van der Waals surface area contributed by atoms with Crippen molar-refractivity contribution in [3.8, 4) is 0 Å². The molecule has 0 saturated carbocycles. The van der Waals surface area contributed by atoms with Crippen LogP contribution >= 0.6 is 15.9 Å². The highest BCUT2D eigenvalue weighted by Gasteiger charge is 2.44. The third-order valence-electron chi connectivity index (χ3n) is 4.35. The molecule has 1 N–H and O–H groups in total. The van der Waals surface area contributed by atoms with Gasteiger partial charge in [0.25, 0.3) is 5.91 Å². The molecule has 3 nitrogen and oxygen atoms in total. The molecule has 102 valence electrons. The van der Waals surface area contributed by atoms with E-state index in [-0.39, 0.29) is 17.8 Å². The Hall–Kier alpha value is -0.940. The summed E-state index contributed by atoms with van der Waals surface area (Å²) < 4.78 is 14.0. The van der Waals surface area contributed by atoms with Crippen LogP contribution in [0.4, 0.5) is 4.39 Å². The van der Waals surface area contributed by atoms with Crippen LogP contribution in [0.1, 0.15) is 17.3 Å². The van der Waals surface area contributed by atoms with E-state index in [2.05, 4.69) is 28.2 Å². The van der Waals surface area contributed by atoms with E-state index in [1.165, 1.54) is 12.1 Å². The molecule has 0 aliphatic carbocycles. The molecule has 0 radical (unpaired) electrons. The van der Waals surface area contributed by atoms with Gasteiger partial charge in [0.15, 0.2) is 0 Å². The highest BCUT2D eigenvalue weighted by Crippen LogP contribution is 2.34. The molecule has 2 aliphatic rings. The lowest BCUT2D eigenvalue weighted by Gasteiger charge is -2.25. The van der Waals surface area contributed by atoms with Crippen LogP contribution in [-0.2, 0) is 0 Å². The van der Waals surface area contributed by atoms with E-state index in [4.69, 9.17) is 0 Å². The van der Waals surface area contributed by atoms with Crippen molar-refractivity contribution < 1.29 is 9.18 Å². The van der Waals surface area contributed by atoms with Crippen molar-refractivity contribution >= 4 is 21.8 Å². The molecule has 3 atom stereocenters. The van der Waals surface area contributed by atoms with Gasteiger partial charge in [0.1, 0.15) is 5.82 Å². The quantitative estimate of drug-likeness (QED) is 0.858. The van der Waals surface area contributed by atoms with Gasteiger partial charge in [-0.2, -0.15) is 0 Å². The summed E-state index contributed by atoms with van der Waals surface area (Å²) in [5, 5.41) is 3.37. The van der Waals surface area contributed by atoms with Crippen LogP contribution in [0.15, 0.2) is 22.7 Å². The minimum atomic E-state index is -0.375. The van der Waals surface area contributed by atoms with Gasteiger partial charge < -0.3 is 10.2 Å². The number of likely N-dealkylation sites (tertiary alicyclic amines) is 1. The Labute approximate surface area is 120 Å². The maximum atomic E-state index is 13.3. The van der Waals surface area contributed by atoms with Crippen molar-refractivity contribution in [3.05, 3.63) is 34.1 Å². The SMILES string of the molecule is CC1C2CNCC2CN1C(=O)c1cc(F)ccc1Br. The van der Waals surface area contributed by atoms with Crippen molar-refractivity contribution in [3.63, 3.8) is 0 Å². The van der Waals surface area contributed by atoms with Crippen LogP contribution in [0, 0.1) is 17.7 Å². The van der Waals surface area contributed by atoms with Crippen LogP contribution in [0.2, 0.25) is 0 Å². The Bertz CT molecular complexity index is 522. The number of fused-ring (bicyclic) bond motifs is 1. The van der Waals surface area contributed by atoms with Crippen molar-refractivity contribution in [2.24, 2.45) is 11.8 Å².